The Balaban J connectivity index is 1.75. The Morgan fingerprint density at radius 1 is 1.35 bits per heavy atom. The van der Waals surface area contributed by atoms with Crippen LogP contribution in [0, 0.1) is 5.92 Å². The van der Waals surface area contributed by atoms with Gasteiger partial charge in [-0.2, -0.15) is 0 Å². The molecular formula is C12H19N3O2. The lowest BCUT2D eigenvalue weighted by molar-refractivity contribution is 0.268. The van der Waals surface area contributed by atoms with Crippen LogP contribution in [0.5, 0.6) is 11.8 Å². The van der Waals surface area contributed by atoms with Crippen LogP contribution >= 0.6 is 0 Å². The van der Waals surface area contributed by atoms with E-state index in [1.807, 2.05) is 6.92 Å². The molecule has 1 aliphatic heterocycles. The van der Waals surface area contributed by atoms with Gasteiger partial charge in [-0.05, 0) is 38.8 Å². The molecule has 1 unspecified atom stereocenters. The molecule has 94 valence electrons. The number of nitrogens with zero attached hydrogens (tertiary/aromatic N) is 2. The Bertz CT molecular complexity index is 340. The Labute approximate surface area is 102 Å². The molecule has 5 heteroatoms. The quantitative estimate of drug-likeness (QED) is 0.807. The zero-order valence-electron chi connectivity index (χ0n) is 10.2. The molecule has 0 spiro atoms. The van der Waals surface area contributed by atoms with E-state index in [0.717, 1.165) is 25.4 Å². The van der Waals surface area contributed by atoms with Gasteiger partial charge >= 0.3 is 0 Å². The Hall–Kier alpha value is -1.36. The van der Waals surface area contributed by atoms with Gasteiger partial charge in [0, 0.05) is 0 Å². The third-order valence-electron chi connectivity index (χ3n) is 2.85. The fraction of sp³-hybridized carbons (Fsp3) is 0.667. The lowest BCUT2D eigenvalue weighted by atomic mass is 10.1. The molecule has 2 heterocycles. The molecule has 0 radical (unpaired) electrons. The van der Waals surface area contributed by atoms with E-state index < -0.39 is 0 Å². The summed E-state index contributed by atoms with van der Waals surface area (Å²) in [7, 11) is 0. The Kier molecular flexibility index (Phi) is 4.55. The van der Waals surface area contributed by atoms with E-state index in [4.69, 9.17) is 9.47 Å². The average molecular weight is 237 g/mol. The van der Waals surface area contributed by atoms with E-state index in [2.05, 4.69) is 15.3 Å². The summed E-state index contributed by atoms with van der Waals surface area (Å²) in [5, 5.41) is 3.35. The lowest BCUT2D eigenvalue weighted by Crippen LogP contribution is -2.12. The van der Waals surface area contributed by atoms with Crippen LogP contribution in [0.4, 0.5) is 0 Å². The summed E-state index contributed by atoms with van der Waals surface area (Å²) >= 11 is 0. The Morgan fingerprint density at radius 3 is 2.88 bits per heavy atom. The molecule has 1 aromatic heterocycles. The summed E-state index contributed by atoms with van der Waals surface area (Å²) in [4.78, 5) is 8.05. The topological polar surface area (TPSA) is 56.3 Å². The molecule has 2 rings (SSSR count). The first-order valence-corrected chi connectivity index (χ1v) is 6.17. The first-order chi connectivity index (χ1) is 8.38. The predicted octanol–water partition coefficient (Wildman–Crippen LogP) is 1.25. The van der Waals surface area contributed by atoms with Crippen molar-refractivity contribution in [1.29, 1.82) is 0 Å². The molecule has 1 aromatic rings. The van der Waals surface area contributed by atoms with Crippen molar-refractivity contribution < 1.29 is 9.47 Å². The minimum Gasteiger partial charge on any atom is -0.478 e. The highest BCUT2D eigenvalue weighted by Crippen LogP contribution is 2.15. The van der Waals surface area contributed by atoms with Gasteiger partial charge in [0.15, 0.2) is 0 Å². The molecule has 0 bridgehead atoms. The zero-order chi connectivity index (χ0) is 11.9. The molecule has 1 aliphatic rings. The maximum atomic E-state index is 5.60. The van der Waals surface area contributed by atoms with Gasteiger partial charge in [-0.25, -0.2) is 9.97 Å². The smallest absolute Gasteiger partial charge is 0.220 e. The van der Waals surface area contributed by atoms with Crippen molar-refractivity contribution in [3.8, 4) is 11.8 Å². The second-order valence-corrected chi connectivity index (χ2v) is 4.12. The van der Waals surface area contributed by atoms with Crippen molar-refractivity contribution in [3.05, 3.63) is 12.4 Å². The van der Waals surface area contributed by atoms with E-state index in [0.29, 0.717) is 25.0 Å². The molecular weight excluding hydrogens is 218 g/mol. The van der Waals surface area contributed by atoms with Gasteiger partial charge in [0.2, 0.25) is 11.8 Å². The summed E-state index contributed by atoms with van der Waals surface area (Å²) < 4.78 is 10.9. The summed E-state index contributed by atoms with van der Waals surface area (Å²) in [6.45, 7) is 5.47. The normalized spacial score (nSPS) is 19.2. The lowest BCUT2D eigenvalue weighted by Gasteiger charge is -2.09. The van der Waals surface area contributed by atoms with Crippen molar-refractivity contribution >= 4 is 0 Å². The van der Waals surface area contributed by atoms with E-state index in [1.54, 1.807) is 6.07 Å². The molecule has 1 saturated heterocycles. The second kappa shape index (κ2) is 6.39. The number of aromatic nitrogens is 2. The number of ether oxygens (including phenoxy) is 2. The van der Waals surface area contributed by atoms with Crippen molar-refractivity contribution in [3.63, 3.8) is 0 Å². The maximum Gasteiger partial charge on any atom is 0.220 e. The third-order valence-corrected chi connectivity index (χ3v) is 2.85. The van der Waals surface area contributed by atoms with Crippen LogP contribution in [0.1, 0.15) is 19.8 Å². The van der Waals surface area contributed by atoms with Gasteiger partial charge in [0.1, 0.15) is 6.33 Å². The minimum absolute atomic E-state index is 0.569. The van der Waals surface area contributed by atoms with Crippen molar-refractivity contribution in [1.82, 2.24) is 15.3 Å². The van der Waals surface area contributed by atoms with E-state index in [9.17, 15) is 0 Å². The van der Waals surface area contributed by atoms with Crippen molar-refractivity contribution in [2.24, 2.45) is 5.92 Å². The molecule has 0 aromatic carbocycles. The molecule has 0 saturated carbocycles. The third kappa shape index (κ3) is 3.85. The van der Waals surface area contributed by atoms with E-state index in [-0.39, 0.29) is 0 Å². The predicted molar refractivity (Wildman–Crippen MR) is 64.3 cm³/mol. The van der Waals surface area contributed by atoms with Gasteiger partial charge in [-0.3, -0.25) is 0 Å². The Morgan fingerprint density at radius 2 is 2.18 bits per heavy atom. The van der Waals surface area contributed by atoms with Gasteiger partial charge in [0.05, 0.1) is 19.3 Å². The average Bonchev–Trinajstić information content (AvgIpc) is 2.83. The van der Waals surface area contributed by atoms with Crippen LogP contribution in [0.3, 0.4) is 0 Å². The first kappa shape index (κ1) is 12.1. The molecule has 0 aliphatic carbocycles. The molecule has 0 amide bonds. The molecule has 1 fully saturated rings. The van der Waals surface area contributed by atoms with Crippen LogP contribution in [0.25, 0.3) is 0 Å². The van der Waals surface area contributed by atoms with Crippen LogP contribution in [-0.2, 0) is 0 Å². The summed E-state index contributed by atoms with van der Waals surface area (Å²) in [6.07, 6.45) is 3.79. The highest BCUT2D eigenvalue weighted by molar-refractivity contribution is 5.18. The molecule has 1 N–H and O–H groups in total. The van der Waals surface area contributed by atoms with E-state index in [1.165, 1.54) is 12.7 Å². The highest BCUT2D eigenvalue weighted by atomic mass is 16.5. The number of hydrogen-bond donors (Lipinski definition) is 1. The molecule has 5 nitrogen and oxygen atoms in total. The summed E-state index contributed by atoms with van der Waals surface area (Å²) in [5.41, 5.74) is 0. The maximum absolute atomic E-state index is 5.60. The fourth-order valence-electron chi connectivity index (χ4n) is 1.92. The summed E-state index contributed by atoms with van der Waals surface area (Å²) in [6, 6.07) is 1.73. The van der Waals surface area contributed by atoms with Crippen LogP contribution in [-0.4, -0.2) is 36.3 Å². The van der Waals surface area contributed by atoms with Gasteiger partial charge in [-0.1, -0.05) is 0 Å². The van der Waals surface area contributed by atoms with Gasteiger partial charge in [0.25, 0.3) is 0 Å². The fourth-order valence-corrected chi connectivity index (χ4v) is 1.92. The SMILES string of the molecule is CCOc1cc(OCCC2CCNC2)ncn1. The second-order valence-electron chi connectivity index (χ2n) is 4.12. The summed E-state index contributed by atoms with van der Waals surface area (Å²) in [5.74, 6) is 1.90. The molecule has 1 atom stereocenters. The highest BCUT2D eigenvalue weighted by Gasteiger charge is 2.14. The van der Waals surface area contributed by atoms with Crippen LogP contribution < -0.4 is 14.8 Å². The monoisotopic (exact) mass is 237 g/mol. The standard InChI is InChI=1S/C12H19N3O2/c1-2-16-11-7-12(15-9-14-11)17-6-4-10-3-5-13-8-10/h7,9-10,13H,2-6,8H2,1H3. The van der Waals surface area contributed by atoms with Crippen molar-refractivity contribution in [2.75, 3.05) is 26.3 Å². The number of rotatable bonds is 6. The van der Waals surface area contributed by atoms with E-state index >= 15 is 0 Å². The largest absolute Gasteiger partial charge is 0.478 e. The van der Waals surface area contributed by atoms with Crippen LogP contribution in [0.15, 0.2) is 12.4 Å². The van der Waals surface area contributed by atoms with Gasteiger partial charge < -0.3 is 14.8 Å². The zero-order valence-corrected chi connectivity index (χ0v) is 10.2. The first-order valence-electron chi connectivity index (χ1n) is 6.17. The van der Waals surface area contributed by atoms with Crippen molar-refractivity contribution in [2.45, 2.75) is 19.8 Å². The number of hydrogen-bond acceptors (Lipinski definition) is 5. The molecule has 17 heavy (non-hydrogen) atoms. The van der Waals surface area contributed by atoms with Gasteiger partial charge in [-0.15, -0.1) is 0 Å². The number of nitrogens with one attached hydrogen (secondary N) is 1. The minimum atomic E-state index is 0.569. The van der Waals surface area contributed by atoms with Crippen LogP contribution in [0.2, 0.25) is 0 Å².